The second kappa shape index (κ2) is 5.57. The molecule has 0 aliphatic heterocycles. The van der Waals surface area contributed by atoms with Crippen molar-refractivity contribution in [1.82, 2.24) is 9.97 Å². The first-order chi connectivity index (χ1) is 8.99. The summed E-state index contributed by atoms with van der Waals surface area (Å²) >= 11 is 3.51. The van der Waals surface area contributed by atoms with Gasteiger partial charge in [-0.15, -0.1) is 0 Å². The lowest BCUT2D eigenvalue weighted by molar-refractivity contribution is 0.776. The predicted octanol–water partition coefficient (Wildman–Crippen LogP) is 4.00. The van der Waals surface area contributed by atoms with Crippen molar-refractivity contribution in [2.24, 2.45) is 0 Å². The molecule has 0 spiro atoms. The molecule has 0 aliphatic rings. The highest BCUT2D eigenvalue weighted by molar-refractivity contribution is 9.10. The number of nitrogens with zero attached hydrogens (tertiary/aromatic N) is 2. The van der Waals surface area contributed by atoms with E-state index in [2.05, 4.69) is 31.2 Å². The van der Waals surface area contributed by atoms with E-state index in [0.29, 0.717) is 5.82 Å². The second-order valence-electron chi connectivity index (χ2n) is 4.70. The number of aromatic nitrogens is 2. The number of anilines is 3. The monoisotopic (exact) mass is 320 g/mol. The zero-order chi connectivity index (χ0) is 14.0. The minimum atomic E-state index is 0.239. The Kier molecular flexibility index (Phi) is 4.04. The number of para-hydroxylation sites is 1. The van der Waals surface area contributed by atoms with Crippen LogP contribution in [0.15, 0.2) is 28.7 Å². The molecule has 5 heteroatoms. The van der Waals surface area contributed by atoms with Gasteiger partial charge in [0.2, 0.25) is 0 Å². The van der Waals surface area contributed by atoms with Gasteiger partial charge in [0.25, 0.3) is 0 Å². The standard InChI is InChI=1S/C14H17BrN4/c1-8(2)13-18-12(16)9(3)14(19-13)17-11-7-5-4-6-10(11)15/h4-8H,1-3H3,(H3,16,17,18,19). The fraction of sp³-hybridized carbons (Fsp3) is 0.286. The number of benzene rings is 1. The molecule has 4 nitrogen and oxygen atoms in total. The average Bonchev–Trinajstić information content (AvgIpc) is 2.37. The molecule has 0 amide bonds. The van der Waals surface area contributed by atoms with Crippen molar-refractivity contribution < 1.29 is 0 Å². The molecule has 2 aromatic rings. The van der Waals surface area contributed by atoms with Gasteiger partial charge in [0.1, 0.15) is 17.5 Å². The molecule has 0 aliphatic carbocycles. The van der Waals surface area contributed by atoms with Crippen LogP contribution in [0.25, 0.3) is 0 Å². The largest absolute Gasteiger partial charge is 0.383 e. The van der Waals surface area contributed by atoms with Gasteiger partial charge in [-0.25, -0.2) is 9.97 Å². The maximum Gasteiger partial charge on any atom is 0.139 e. The van der Waals surface area contributed by atoms with Crippen LogP contribution < -0.4 is 11.1 Å². The maximum absolute atomic E-state index is 5.95. The number of nitrogens with two attached hydrogens (primary N) is 1. The highest BCUT2D eigenvalue weighted by atomic mass is 79.9. The summed E-state index contributed by atoms with van der Waals surface area (Å²) in [5.41, 5.74) is 7.77. The summed E-state index contributed by atoms with van der Waals surface area (Å²) in [5.74, 6) is 2.26. The van der Waals surface area contributed by atoms with Crippen LogP contribution in [0, 0.1) is 6.92 Å². The summed E-state index contributed by atoms with van der Waals surface area (Å²) in [6.45, 7) is 6.01. The van der Waals surface area contributed by atoms with Crippen LogP contribution in [0.2, 0.25) is 0 Å². The molecule has 0 unspecified atom stereocenters. The molecule has 3 N–H and O–H groups in total. The summed E-state index contributed by atoms with van der Waals surface area (Å²) in [7, 11) is 0. The molecule has 0 fully saturated rings. The molecule has 1 aromatic heterocycles. The summed E-state index contributed by atoms with van der Waals surface area (Å²) in [6, 6.07) is 7.90. The SMILES string of the molecule is Cc1c(N)nc(C(C)C)nc1Nc1ccccc1Br. The van der Waals surface area contributed by atoms with Crippen molar-refractivity contribution >= 4 is 33.3 Å². The first-order valence-electron chi connectivity index (χ1n) is 6.14. The van der Waals surface area contributed by atoms with E-state index in [1.807, 2.05) is 45.0 Å². The first kappa shape index (κ1) is 13.8. The molecular formula is C14H17BrN4. The van der Waals surface area contributed by atoms with Crippen LogP contribution in [0.3, 0.4) is 0 Å². The molecule has 1 heterocycles. The topological polar surface area (TPSA) is 63.8 Å². The molecule has 2 rings (SSSR count). The number of nitrogens with one attached hydrogen (secondary N) is 1. The molecule has 1 aromatic carbocycles. The number of rotatable bonds is 3. The summed E-state index contributed by atoms with van der Waals surface area (Å²) in [5, 5.41) is 3.30. The molecule has 0 saturated carbocycles. The normalized spacial score (nSPS) is 10.8. The van der Waals surface area contributed by atoms with E-state index in [0.717, 1.165) is 27.4 Å². The summed E-state index contributed by atoms with van der Waals surface area (Å²) in [6.07, 6.45) is 0. The van der Waals surface area contributed by atoms with Crippen molar-refractivity contribution in [3.63, 3.8) is 0 Å². The molecular weight excluding hydrogens is 304 g/mol. The molecule has 0 radical (unpaired) electrons. The zero-order valence-corrected chi connectivity index (χ0v) is 12.8. The van der Waals surface area contributed by atoms with Gasteiger partial charge in [-0.2, -0.15) is 0 Å². The fourth-order valence-electron chi connectivity index (χ4n) is 1.62. The highest BCUT2D eigenvalue weighted by Gasteiger charge is 2.12. The Hall–Kier alpha value is -1.62. The molecule has 0 bridgehead atoms. The second-order valence-corrected chi connectivity index (χ2v) is 5.55. The smallest absolute Gasteiger partial charge is 0.139 e. The van der Waals surface area contributed by atoms with Gasteiger partial charge in [-0.3, -0.25) is 0 Å². The van der Waals surface area contributed by atoms with E-state index >= 15 is 0 Å². The third kappa shape index (κ3) is 3.04. The Morgan fingerprint density at radius 1 is 1.21 bits per heavy atom. The summed E-state index contributed by atoms with van der Waals surface area (Å²) < 4.78 is 0.984. The average molecular weight is 321 g/mol. The van der Waals surface area contributed by atoms with Crippen LogP contribution in [0.1, 0.15) is 31.2 Å². The minimum absolute atomic E-state index is 0.239. The van der Waals surface area contributed by atoms with Crippen molar-refractivity contribution in [1.29, 1.82) is 0 Å². The lowest BCUT2D eigenvalue weighted by Crippen LogP contribution is -2.08. The fourth-order valence-corrected chi connectivity index (χ4v) is 2.01. The van der Waals surface area contributed by atoms with Crippen LogP contribution in [-0.2, 0) is 0 Å². The third-order valence-electron chi connectivity index (χ3n) is 2.84. The number of hydrogen-bond donors (Lipinski definition) is 2. The van der Waals surface area contributed by atoms with E-state index < -0.39 is 0 Å². The van der Waals surface area contributed by atoms with Crippen LogP contribution >= 0.6 is 15.9 Å². The predicted molar refractivity (Wildman–Crippen MR) is 82.7 cm³/mol. The van der Waals surface area contributed by atoms with Gasteiger partial charge in [0.05, 0.1) is 5.69 Å². The Bertz CT molecular complexity index is 596. The van der Waals surface area contributed by atoms with Crippen LogP contribution in [0.5, 0.6) is 0 Å². The molecule has 0 saturated heterocycles. The van der Waals surface area contributed by atoms with Crippen LogP contribution in [0.4, 0.5) is 17.3 Å². The van der Waals surface area contributed by atoms with Gasteiger partial charge in [-0.05, 0) is 35.0 Å². The van der Waals surface area contributed by atoms with Crippen molar-refractivity contribution in [2.45, 2.75) is 26.7 Å². The van der Waals surface area contributed by atoms with E-state index in [4.69, 9.17) is 5.73 Å². The first-order valence-corrected chi connectivity index (χ1v) is 6.94. The lowest BCUT2D eigenvalue weighted by Gasteiger charge is -2.14. The minimum Gasteiger partial charge on any atom is -0.383 e. The molecule has 100 valence electrons. The zero-order valence-electron chi connectivity index (χ0n) is 11.2. The quantitative estimate of drug-likeness (QED) is 0.897. The van der Waals surface area contributed by atoms with Crippen molar-refractivity contribution in [3.8, 4) is 0 Å². The van der Waals surface area contributed by atoms with Crippen molar-refractivity contribution in [3.05, 3.63) is 40.1 Å². The Morgan fingerprint density at radius 3 is 2.53 bits per heavy atom. The van der Waals surface area contributed by atoms with E-state index in [1.54, 1.807) is 0 Å². The van der Waals surface area contributed by atoms with Gasteiger partial charge >= 0.3 is 0 Å². The van der Waals surface area contributed by atoms with Gasteiger partial charge in [0, 0.05) is 16.0 Å². The molecule has 19 heavy (non-hydrogen) atoms. The highest BCUT2D eigenvalue weighted by Crippen LogP contribution is 2.28. The van der Waals surface area contributed by atoms with E-state index in [-0.39, 0.29) is 5.92 Å². The number of nitrogen functional groups attached to an aromatic ring is 1. The Morgan fingerprint density at radius 2 is 1.89 bits per heavy atom. The summed E-state index contributed by atoms with van der Waals surface area (Å²) in [4.78, 5) is 8.86. The maximum atomic E-state index is 5.95. The number of hydrogen-bond acceptors (Lipinski definition) is 4. The third-order valence-corrected chi connectivity index (χ3v) is 3.54. The molecule has 0 atom stereocenters. The lowest BCUT2D eigenvalue weighted by atomic mass is 10.2. The van der Waals surface area contributed by atoms with E-state index in [9.17, 15) is 0 Å². The van der Waals surface area contributed by atoms with Gasteiger partial charge in [-0.1, -0.05) is 26.0 Å². The van der Waals surface area contributed by atoms with Gasteiger partial charge in [0.15, 0.2) is 0 Å². The van der Waals surface area contributed by atoms with Crippen LogP contribution in [-0.4, -0.2) is 9.97 Å². The Balaban J connectivity index is 2.42. The number of halogens is 1. The van der Waals surface area contributed by atoms with Crippen molar-refractivity contribution in [2.75, 3.05) is 11.1 Å². The Labute approximate surface area is 121 Å². The van der Waals surface area contributed by atoms with Gasteiger partial charge < -0.3 is 11.1 Å². The van der Waals surface area contributed by atoms with E-state index in [1.165, 1.54) is 0 Å².